The third kappa shape index (κ3) is 9.70. The molecule has 0 fully saturated rings. The van der Waals surface area contributed by atoms with Crippen LogP contribution in [-0.4, -0.2) is 52.3 Å². The first kappa shape index (κ1) is 28.1. The lowest BCUT2D eigenvalue weighted by Gasteiger charge is -2.16. The minimum absolute atomic E-state index is 0. The molecule has 0 bridgehead atoms. The molecule has 0 aromatic heterocycles. The highest BCUT2D eigenvalue weighted by molar-refractivity contribution is 14.0. The molecule has 0 saturated carbocycles. The van der Waals surface area contributed by atoms with Crippen LogP contribution in [0.15, 0.2) is 41.4 Å². The van der Waals surface area contributed by atoms with Crippen LogP contribution in [0.5, 0.6) is 5.75 Å². The van der Waals surface area contributed by atoms with Crippen molar-refractivity contribution in [3.05, 3.63) is 64.5 Å². The summed E-state index contributed by atoms with van der Waals surface area (Å²) in [4.78, 5) is 6.25. The normalized spacial score (nSPS) is 11.3. The van der Waals surface area contributed by atoms with Crippen molar-refractivity contribution in [3.8, 4) is 5.75 Å². The van der Waals surface area contributed by atoms with Crippen LogP contribution in [0.3, 0.4) is 0 Å². The number of aryl methyl sites for hydroxylation is 1. The van der Waals surface area contributed by atoms with E-state index in [9.17, 15) is 4.39 Å². The zero-order chi connectivity index (χ0) is 22.6. The number of hydrogen-bond donors (Lipinski definition) is 2. The molecular weight excluding hydrogens is 522 g/mol. The zero-order valence-corrected chi connectivity index (χ0v) is 22.0. The summed E-state index contributed by atoms with van der Waals surface area (Å²) in [6.45, 7) is 5.02. The van der Waals surface area contributed by atoms with Crippen LogP contribution < -0.4 is 15.4 Å². The van der Waals surface area contributed by atoms with Crippen molar-refractivity contribution >= 4 is 29.9 Å². The molecule has 6 nitrogen and oxygen atoms in total. The number of nitrogens with zero attached hydrogens (tertiary/aromatic N) is 2. The Hall–Kier alpha value is -1.91. The van der Waals surface area contributed by atoms with Gasteiger partial charge in [-0.2, -0.15) is 0 Å². The van der Waals surface area contributed by atoms with Gasteiger partial charge >= 0.3 is 0 Å². The molecule has 2 rings (SSSR count). The van der Waals surface area contributed by atoms with Crippen molar-refractivity contribution < 1.29 is 13.9 Å². The number of hydrogen-bond acceptors (Lipinski definition) is 4. The quantitative estimate of drug-likeness (QED) is 0.188. The van der Waals surface area contributed by atoms with Gasteiger partial charge in [-0.15, -0.1) is 24.0 Å². The highest BCUT2D eigenvalue weighted by Gasteiger charge is 2.08. The van der Waals surface area contributed by atoms with E-state index in [1.54, 1.807) is 20.2 Å². The van der Waals surface area contributed by atoms with E-state index in [0.29, 0.717) is 44.4 Å². The topological polar surface area (TPSA) is 58.1 Å². The first-order valence-corrected chi connectivity index (χ1v) is 10.5. The van der Waals surface area contributed by atoms with Crippen molar-refractivity contribution in [1.29, 1.82) is 0 Å². The standard InChI is InChI=1S/C24H35FN4O2.HI/c1-18-7-9-20(23(13-18)31-12-6-11-30-5)16-28-24(26-2)27-15-19-8-10-22(25)21(14-19)17-29(3)4;/h7-10,13-14H,6,11-12,15-17H2,1-5H3,(H2,26,27,28);1H. The Morgan fingerprint density at radius 1 is 1.03 bits per heavy atom. The van der Waals surface area contributed by atoms with Gasteiger partial charge in [-0.05, 0) is 50.3 Å². The van der Waals surface area contributed by atoms with Crippen LogP contribution in [0.1, 0.15) is 28.7 Å². The van der Waals surface area contributed by atoms with E-state index in [-0.39, 0.29) is 29.8 Å². The van der Waals surface area contributed by atoms with Gasteiger partial charge in [0.05, 0.1) is 6.61 Å². The largest absolute Gasteiger partial charge is 0.493 e. The summed E-state index contributed by atoms with van der Waals surface area (Å²) < 4.78 is 25.0. The molecule has 0 aliphatic carbocycles. The number of halogens is 2. The molecule has 32 heavy (non-hydrogen) atoms. The van der Waals surface area contributed by atoms with Gasteiger partial charge in [-0.3, -0.25) is 4.99 Å². The Kier molecular flexibility index (Phi) is 13.2. The molecule has 0 amide bonds. The van der Waals surface area contributed by atoms with Crippen LogP contribution in [0.25, 0.3) is 0 Å². The van der Waals surface area contributed by atoms with E-state index < -0.39 is 0 Å². The minimum Gasteiger partial charge on any atom is -0.493 e. The Morgan fingerprint density at radius 2 is 1.78 bits per heavy atom. The van der Waals surface area contributed by atoms with Gasteiger partial charge in [0.25, 0.3) is 0 Å². The Labute approximate surface area is 208 Å². The molecule has 0 saturated heterocycles. The summed E-state index contributed by atoms with van der Waals surface area (Å²) in [5.74, 6) is 1.35. The van der Waals surface area contributed by atoms with Gasteiger partial charge < -0.3 is 25.0 Å². The highest BCUT2D eigenvalue weighted by Crippen LogP contribution is 2.20. The maximum absolute atomic E-state index is 14.0. The Balaban J connectivity index is 0.00000512. The lowest BCUT2D eigenvalue weighted by atomic mass is 10.1. The van der Waals surface area contributed by atoms with Gasteiger partial charge in [-0.1, -0.05) is 18.2 Å². The fourth-order valence-corrected chi connectivity index (χ4v) is 3.11. The molecule has 2 aromatic rings. The van der Waals surface area contributed by atoms with Gasteiger partial charge in [0.1, 0.15) is 11.6 Å². The van der Waals surface area contributed by atoms with E-state index in [0.717, 1.165) is 28.9 Å². The van der Waals surface area contributed by atoms with E-state index in [1.165, 1.54) is 6.07 Å². The second kappa shape index (κ2) is 15.0. The van der Waals surface area contributed by atoms with E-state index >= 15 is 0 Å². The molecule has 0 unspecified atom stereocenters. The predicted molar refractivity (Wildman–Crippen MR) is 139 cm³/mol. The number of methoxy groups -OCH3 is 1. The molecular formula is C24H36FIN4O2. The third-order valence-corrected chi connectivity index (χ3v) is 4.70. The molecule has 0 atom stereocenters. The fourth-order valence-electron chi connectivity index (χ4n) is 3.11. The average Bonchev–Trinajstić information content (AvgIpc) is 2.74. The molecule has 0 radical (unpaired) electrons. The monoisotopic (exact) mass is 558 g/mol. The van der Waals surface area contributed by atoms with Crippen LogP contribution in [0, 0.1) is 12.7 Å². The second-order valence-corrected chi connectivity index (χ2v) is 7.75. The lowest BCUT2D eigenvalue weighted by molar-refractivity contribution is 0.171. The van der Waals surface area contributed by atoms with Crippen molar-refractivity contribution in [2.45, 2.75) is 33.0 Å². The van der Waals surface area contributed by atoms with Gasteiger partial charge in [0, 0.05) is 57.9 Å². The molecule has 0 spiro atoms. The number of benzene rings is 2. The Bertz CT molecular complexity index is 862. The van der Waals surface area contributed by atoms with Crippen LogP contribution >= 0.6 is 24.0 Å². The molecule has 0 heterocycles. The third-order valence-electron chi connectivity index (χ3n) is 4.70. The molecule has 8 heteroatoms. The van der Waals surface area contributed by atoms with Crippen LogP contribution in [0.2, 0.25) is 0 Å². The molecule has 178 valence electrons. The number of ether oxygens (including phenoxy) is 2. The zero-order valence-electron chi connectivity index (χ0n) is 19.7. The van der Waals surface area contributed by atoms with E-state index in [2.05, 4.69) is 27.8 Å². The maximum Gasteiger partial charge on any atom is 0.191 e. The summed E-state index contributed by atoms with van der Waals surface area (Å²) in [6, 6.07) is 11.4. The summed E-state index contributed by atoms with van der Waals surface area (Å²) in [5, 5.41) is 6.62. The van der Waals surface area contributed by atoms with Crippen molar-refractivity contribution in [2.75, 3.05) is 41.5 Å². The molecule has 2 aromatic carbocycles. The van der Waals surface area contributed by atoms with Gasteiger partial charge in [0.15, 0.2) is 5.96 Å². The summed E-state index contributed by atoms with van der Waals surface area (Å²) in [6.07, 6.45) is 0.841. The average molecular weight is 558 g/mol. The summed E-state index contributed by atoms with van der Waals surface area (Å²) in [5.41, 5.74) is 3.89. The van der Waals surface area contributed by atoms with Crippen molar-refractivity contribution in [2.24, 2.45) is 4.99 Å². The second-order valence-electron chi connectivity index (χ2n) is 7.75. The minimum atomic E-state index is -0.183. The van der Waals surface area contributed by atoms with Crippen LogP contribution in [0.4, 0.5) is 4.39 Å². The van der Waals surface area contributed by atoms with E-state index in [1.807, 2.05) is 38.1 Å². The number of aliphatic imine (C=N–C) groups is 1. The first-order valence-electron chi connectivity index (χ1n) is 10.5. The molecule has 0 aliphatic rings. The maximum atomic E-state index is 14.0. The summed E-state index contributed by atoms with van der Waals surface area (Å²) in [7, 11) is 7.28. The Morgan fingerprint density at radius 3 is 2.47 bits per heavy atom. The van der Waals surface area contributed by atoms with Crippen molar-refractivity contribution in [1.82, 2.24) is 15.5 Å². The van der Waals surface area contributed by atoms with Gasteiger partial charge in [-0.25, -0.2) is 4.39 Å². The summed E-state index contributed by atoms with van der Waals surface area (Å²) >= 11 is 0. The number of rotatable bonds is 11. The predicted octanol–water partition coefficient (Wildman–Crippen LogP) is 4.09. The molecule has 2 N–H and O–H groups in total. The van der Waals surface area contributed by atoms with E-state index in [4.69, 9.17) is 9.47 Å². The van der Waals surface area contributed by atoms with Crippen molar-refractivity contribution in [3.63, 3.8) is 0 Å². The lowest BCUT2D eigenvalue weighted by Crippen LogP contribution is -2.36. The molecule has 0 aliphatic heterocycles. The number of guanidine groups is 1. The number of nitrogens with one attached hydrogen (secondary N) is 2. The highest BCUT2D eigenvalue weighted by atomic mass is 127. The smallest absolute Gasteiger partial charge is 0.191 e. The van der Waals surface area contributed by atoms with Crippen LogP contribution in [-0.2, 0) is 24.4 Å². The van der Waals surface area contributed by atoms with Gasteiger partial charge in [0.2, 0.25) is 0 Å². The first-order chi connectivity index (χ1) is 14.9. The fraction of sp³-hybridized carbons (Fsp3) is 0.458. The SMILES string of the molecule is CN=C(NCc1ccc(F)c(CN(C)C)c1)NCc1ccc(C)cc1OCCCOC.I.